The Labute approximate surface area is 91.1 Å². The third kappa shape index (κ3) is 1.78. The minimum absolute atomic E-state index is 0.403. The van der Waals surface area contributed by atoms with E-state index in [4.69, 9.17) is 0 Å². The molecule has 1 saturated heterocycles. The molecule has 2 rings (SSSR count). The molecule has 1 fully saturated rings. The fourth-order valence-electron chi connectivity index (χ4n) is 2.19. The molecule has 1 aromatic rings. The largest absolute Gasteiger partial charge is 0.315 e. The SMILES string of the molecule is CCn1ncnc1CC1(C(C)C)CNC1. The summed E-state index contributed by atoms with van der Waals surface area (Å²) in [5.41, 5.74) is 0.403. The number of aromatic nitrogens is 3. The highest BCUT2D eigenvalue weighted by atomic mass is 15.3. The van der Waals surface area contributed by atoms with E-state index in [0.29, 0.717) is 11.3 Å². The van der Waals surface area contributed by atoms with Crippen LogP contribution in [0.2, 0.25) is 0 Å². The van der Waals surface area contributed by atoms with Gasteiger partial charge in [0, 0.05) is 31.5 Å². The van der Waals surface area contributed by atoms with Crippen LogP contribution in [0.4, 0.5) is 0 Å². The van der Waals surface area contributed by atoms with Crippen molar-refractivity contribution in [3.63, 3.8) is 0 Å². The minimum Gasteiger partial charge on any atom is -0.315 e. The number of rotatable bonds is 4. The van der Waals surface area contributed by atoms with Gasteiger partial charge in [-0.25, -0.2) is 4.98 Å². The average Bonchev–Trinajstić information content (AvgIpc) is 2.57. The molecule has 2 heterocycles. The molecule has 1 aliphatic rings. The zero-order valence-corrected chi connectivity index (χ0v) is 9.82. The van der Waals surface area contributed by atoms with Crippen LogP contribution in [0.1, 0.15) is 26.6 Å². The molecule has 15 heavy (non-hydrogen) atoms. The van der Waals surface area contributed by atoms with E-state index in [2.05, 4.69) is 36.2 Å². The Balaban J connectivity index is 2.13. The Kier molecular flexibility index (Phi) is 2.78. The molecule has 0 aromatic carbocycles. The van der Waals surface area contributed by atoms with Crippen LogP contribution < -0.4 is 5.32 Å². The molecule has 0 amide bonds. The Morgan fingerprint density at radius 3 is 2.73 bits per heavy atom. The van der Waals surface area contributed by atoms with Crippen LogP contribution in [-0.4, -0.2) is 27.9 Å². The smallest absolute Gasteiger partial charge is 0.138 e. The Morgan fingerprint density at radius 1 is 1.53 bits per heavy atom. The predicted octanol–water partition coefficient (Wildman–Crippen LogP) is 1.09. The molecular weight excluding hydrogens is 188 g/mol. The fourth-order valence-corrected chi connectivity index (χ4v) is 2.19. The molecule has 0 unspecified atom stereocenters. The van der Waals surface area contributed by atoms with E-state index in [0.717, 1.165) is 31.9 Å². The van der Waals surface area contributed by atoms with Gasteiger partial charge in [0.25, 0.3) is 0 Å². The lowest BCUT2D eigenvalue weighted by atomic mass is 9.69. The normalized spacial score (nSPS) is 19.2. The first-order valence-corrected chi connectivity index (χ1v) is 5.75. The minimum atomic E-state index is 0.403. The monoisotopic (exact) mass is 208 g/mol. The lowest BCUT2D eigenvalue weighted by Gasteiger charge is -2.46. The quantitative estimate of drug-likeness (QED) is 0.805. The van der Waals surface area contributed by atoms with Crippen LogP contribution in [0, 0.1) is 11.3 Å². The summed E-state index contributed by atoms with van der Waals surface area (Å²) in [5.74, 6) is 1.83. The van der Waals surface area contributed by atoms with Gasteiger partial charge in [0.1, 0.15) is 12.2 Å². The second-order valence-corrected chi connectivity index (χ2v) is 4.79. The summed E-state index contributed by atoms with van der Waals surface area (Å²) in [6, 6.07) is 0. The van der Waals surface area contributed by atoms with Gasteiger partial charge in [0.2, 0.25) is 0 Å². The standard InChI is InChI=1S/C11H20N4/c1-4-15-10(13-8-14-15)5-11(9(2)3)6-12-7-11/h8-9,12H,4-7H2,1-3H3. The molecular formula is C11H20N4. The van der Waals surface area contributed by atoms with Gasteiger partial charge < -0.3 is 5.32 Å². The Hall–Kier alpha value is -0.900. The van der Waals surface area contributed by atoms with Crippen LogP contribution in [0.15, 0.2) is 6.33 Å². The van der Waals surface area contributed by atoms with Crippen molar-refractivity contribution >= 4 is 0 Å². The van der Waals surface area contributed by atoms with E-state index < -0.39 is 0 Å². The predicted molar refractivity (Wildman–Crippen MR) is 59.5 cm³/mol. The van der Waals surface area contributed by atoms with Gasteiger partial charge in [-0.15, -0.1) is 0 Å². The van der Waals surface area contributed by atoms with E-state index in [1.165, 1.54) is 0 Å². The van der Waals surface area contributed by atoms with Crippen LogP contribution in [-0.2, 0) is 13.0 Å². The van der Waals surface area contributed by atoms with Gasteiger partial charge in [-0.3, -0.25) is 4.68 Å². The lowest BCUT2D eigenvalue weighted by molar-refractivity contribution is 0.0951. The van der Waals surface area contributed by atoms with Crippen LogP contribution in [0.3, 0.4) is 0 Å². The van der Waals surface area contributed by atoms with Crippen LogP contribution in [0.25, 0.3) is 0 Å². The van der Waals surface area contributed by atoms with E-state index in [9.17, 15) is 0 Å². The topological polar surface area (TPSA) is 42.7 Å². The summed E-state index contributed by atoms with van der Waals surface area (Å²) in [4.78, 5) is 4.36. The second kappa shape index (κ2) is 3.93. The summed E-state index contributed by atoms with van der Waals surface area (Å²) < 4.78 is 2.00. The summed E-state index contributed by atoms with van der Waals surface area (Å²) in [5, 5.41) is 7.60. The highest BCUT2D eigenvalue weighted by Crippen LogP contribution is 2.34. The highest BCUT2D eigenvalue weighted by molar-refractivity contribution is 5.02. The first kappa shape index (κ1) is 10.6. The van der Waals surface area contributed by atoms with Gasteiger partial charge >= 0.3 is 0 Å². The van der Waals surface area contributed by atoms with E-state index in [1.54, 1.807) is 6.33 Å². The fraction of sp³-hybridized carbons (Fsp3) is 0.818. The first-order chi connectivity index (χ1) is 7.18. The maximum Gasteiger partial charge on any atom is 0.138 e. The Morgan fingerprint density at radius 2 is 2.27 bits per heavy atom. The van der Waals surface area contributed by atoms with Crippen molar-refractivity contribution in [1.82, 2.24) is 20.1 Å². The molecule has 0 radical (unpaired) electrons. The van der Waals surface area contributed by atoms with Crippen LogP contribution in [0.5, 0.6) is 0 Å². The van der Waals surface area contributed by atoms with Gasteiger partial charge in [0.15, 0.2) is 0 Å². The van der Waals surface area contributed by atoms with E-state index in [-0.39, 0.29) is 0 Å². The van der Waals surface area contributed by atoms with Crippen LogP contribution >= 0.6 is 0 Å². The van der Waals surface area contributed by atoms with Crippen molar-refractivity contribution in [1.29, 1.82) is 0 Å². The molecule has 1 N–H and O–H groups in total. The maximum atomic E-state index is 4.36. The zero-order chi connectivity index (χ0) is 10.9. The van der Waals surface area contributed by atoms with Gasteiger partial charge in [-0.1, -0.05) is 13.8 Å². The number of nitrogens with one attached hydrogen (secondary N) is 1. The number of aryl methyl sites for hydroxylation is 1. The average molecular weight is 208 g/mol. The summed E-state index contributed by atoms with van der Waals surface area (Å²) >= 11 is 0. The molecule has 0 aliphatic carbocycles. The molecule has 4 nitrogen and oxygen atoms in total. The zero-order valence-electron chi connectivity index (χ0n) is 9.82. The molecule has 1 aliphatic heterocycles. The van der Waals surface area contributed by atoms with Crippen molar-refractivity contribution < 1.29 is 0 Å². The first-order valence-electron chi connectivity index (χ1n) is 5.75. The summed E-state index contributed by atoms with van der Waals surface area (Å²) in [6.07, 6.45) is 2.71. The highest BCUT2D eigenvalue weighted by Gasteiger charge is 2.40. The van der Waals surface area contributed by atoms with Gasteiger partial charge in [-0.05, 0) is 12.8 Å². The third-order valence-corrected chi connectivity index (χ3v) is 3.68. The molecule has 0 spiro atoms. The molecule has 84 valence electrons. The number of hydrogen-bond acceptors (Lipinski definition) is 3. The molecule has 4 heteroatoms. The third-order valence-electron chi connectivity index (χ3n) is 3.68. The lowest BCUT2D eigenvalue weighted by Crippen LogP contribution is -2.57. The van der Waals surface area contributed by atoms with Crippen molar-refractivity contribution in [2.75, 3.05) is 13.1 Å². The number of nitrogens with zero attached hydrogens (tertiary/aromatic N) is 3. The molecule has 1 aromatic heterocycles. The molecule has 0 saturated carbocycles. The second-order valence-electron chi connectivity index (χ2n) is 4.79. The van der Waals surface area contributed by atoms with Crippen molar-refractivity contribution in [3.05, 3.63) is 12.2 Å². The molecule has 0 atom stereocenters. The van der Waals surface area contributed by atoms with E-state index in [1.807, 2.05) is 4.68 Å². The van der Waals surface area contributed by atoms with Gasteiger partial charge in [0.05, 0.1) is 0 Å². The summed E-state index contributed by atoms with van der Waals surface area (Å²) in [7, 11) is 0. The maximum absolute atomic E-state index is 4.36. The molecule has 0 bridgehead atoms. The van der Waals surface area contributed by atoms with E-state index >= 15 is 0 Å². The van der Waals surface area contributed by atoms with Crippen molar-refractivity contribution in [3.8, 4) is 0 Å². The van der Waals surface area contributed by atoms with Crippen molar-refractivity contribution in [2.45, 2.75) is 33.7 Å². The Bertz CT molecular complexity index is 325. The summed E-state index contributed by atoms with van der Waals surface area (Å²) in [6.45, 7) is 9.85. The van der Waals surface area contributed by atoms with Gasteiger partial charge in [-0.2, -0.15) is 5.10 Å². The van der Waals surface area contributed by atoms with Crippen molar-refractivity contribution in [2.24, 2.45) is 11.3 Å². The number of hydrogen-bond donors (Lipinski definition) is 1.